The molecular weight excluding hydrogens is 398 g/mol. The Morgan fingerprint density at radius 2 is 1.62 bits per heavy atom. The molecule has 32 heavy (non-hydrogen) atoms. The van der Waals surface area contributed by atoms with Gasteiger partial charge in [-0.15, -0.1) is 0 Å². The van der Waals surface area contributed by atoms with Crippen LogP contribution in [0.25, 0.3) is 10.8 Å². The molecule has 0 aliphatic carbocycles. The van der Waals surface area contributed by atoms with Crippen LogP contribution in [0.3, 0.4) is 0 Å². The van der Waals surface area contributed by atoms with Crippen LogP contribution in [0, 0.1) is 5.92 Å². The lowest BCUT2D eigenvalue weighted by Crippen LogP contribution is -2.38. The standard InChI is InChI=1S/C28H27NO3/c30-28(29-17-15-22(16-18-29)19-21-7-2-1-3-8-21)27-14-13-24(32-27)20-31-26-12-6-10-23-9-4-5-11-25(23)26/h1-14,22H,15-20H2. The van der Waals surface area contributed by atoms with Crippen LogP contribution in [0.4, 0.5) is 0 Å². The third-order valence-electron chi connectivity index (χ3n) is 6.26. The van der Waals surface area contributed by atoms with Gasteiger partial charge in [-0.05, 0) is 54.3 Å². The second kappa shape index (κ2) is 9.31. The highest BCUT2D eigenvalue weighted by Gasteiger charge is 2.25. The van der Waals surface area contributed by atoms with Gasteiger partial charge in [0.25, 0.3) is 5.91 Å². The highest BCUT2D eigenvalue weighted by atomic mass is 16.5. The minimum absolute atomic E-state index is 0.0282. The number of carbonyl (C=O) groups excluding carboxylic acids is 1. The summed E-state index contributed by atoms with van der Waals surface area (Å²) >= 11 is 0. The number of benzene rings is 3. The van der Waals surface area contributed by atoms with E-state index in [1.54, 1.807) is 6.07 Å². The van der Waals surface area contributed by atoms with Gasteiger partial charge in [-0.3, -0.25) is 4.79 Å². The van der Waals surface area contributed by atoms with E-state index in [0.29, 0.717) is 24.0 Å². The fourth-order valence-corrected chi connectivity index (χ4v) is 4.48. The summed E-state index contributed by atoms with van der Waals surface area (Å²) in [5.74, 6) is 2.46. The topological polar surface area (TPSA) is 42.7 Å². The van der Waals surface area contributed by atoms with Crippen molar-refractivity contribution in [3.8, 4) is 5.75 Å². The number of ether oxygens (including phenoxy) is 1. The highest BCUT2D eigenvalue weighted by molar-refractivity contribution is 5.91. The largest absolute Gasteiger partial charge is 0.485 e. The average Bonchev–Trinajstić information content (AvgIpc) is 3.32. The first-order valence-corrected chi connectivity index (χ1v) is 11.3. The zero-order valence-corrected chi connectivity index (χ0v) is 18.1. The van der Waals surface area contributed by atoms with Crippen molar-refractivity contribution in [2.24, 2.45) is 5.92 Å². The Morgan fingerprint density at radius 3 is 2.47 bits per heavy atom. The van der Waals surface area contributed by atoms with E-state index in [0.717, 1.165) is 48.9 Å². The second-order valence-electron chi connectivity index (χ2n) is 8.46. The molecule has 2 heterocycles. The summed E-state index contributed by atoms with van der Waals surface area (Å²) in [5, 5.41) is 2.20. The zero-order valence-electron chi connectivity index (χ0n) is 18.1. The van der Waals surface area contributed by atoms with E-state index in [1.165, 1.54) is 5.56 Å². The molecular formula is C28H27NO3. The van der Waals surface area contributed by atoms with Gasteiger partial charge in [0.1, 0.15) is 18.1 Å². The molecule has 1 fully saturated rings. The molecule has 4 heteroatoms. The molecule has 0 saturated carbocycles. The van der Waals surface area contributed by atoms with Crippen molar-refractivity contribution < 1.29 is 13.9 Å². The third kappa shape index (κ3) is 4.54. The third-order valence-corrected chi connectivity index (χ3v) is 6.26. The Labute approximate surface area is 188 Å². The van der Waals surface area contributed by atoms with Gasteiger partial charge in [-0.25, -0.2) is 0 Å². The van der Waals surface area contributed by atoms with E-state index >= 15 is 0 Å². The molecule has 1 amide bonds. The van der Waals surface area contributed by atoms with Gasteiger partial charge in [0.2, 0.25) is 0 Å². The minimum Gasteiger partial charge on any atom is -0.485 e. The van der Waals surface area contributed by atoms with Gasteiger partial charge < -0.3 is 14.1 Å². The van der Waals surface area contributed by atoms with Crippen molar-refractivity contribution >= 4 is 16.7 Å². The Balaban J connectivity index is 1.16. The van der Waals surface area contributed by atoms with Crippen molar-refractivity contribution in [2.45, 2.75) is 25.9 Å². The number of carbonyl (C=O) groups is 1. The summed E-state index contributed by atoms with van der Waals surface area (Å²) in [5.41, 5.74) is 1.37. The van der Waals surface area contributed by atoms with Crippen LogP contribution in [0.15, 0.2) is 89.3 Å². The predicted molar refractivity (Wildman–Crippen MR) is 126 cm³/mol. The lowest BCUT2D eigenvalue weighted by Gasteiger charge is -2.31. The number of piperidine rings is 1. The number of furan rings is 1. The summed E-state index contributed by atoms with van der Waals surface area (Å²) in [6, 6.07) is 28.3. The molecule has 0 atom stereocenters. The van der Waals surface area contributed by atoms with E-state index in [4.69, 9.17) is 9.15 Å². The molecule has 1 aromatic heterocycles. The first kappa shape index (κ1) is 20.4. The van der Waals surface area contributed by atoms with E-state index in [2.05, 4.69) is 42.5 Å². The quantitative estimate of drug-likeness (QED) is 0.374. The summed E-state index contributed by atoms with van der Waals surface area (Å²) in [4.78, 5) is 14.8. The number of likely N-dealkylation sites (tertiary alicyclic amines) is 1. The lowest BCUT2D eigenvalue weighted by molar-refractivity contribution is 0.0654. The predicted octanol–water partition coefficient (Wildman–Crippen LogP) is 6.11. The zero-order chi connectivity index (χ0) is 21.8. The van der Waals surface area contributed by atoms with Crippen molar-refractivity contribution in [3.05, 3.63) is 102 Å². The van der Waals surface area contributed by atoms with Crippen LogP contribution < -0.4 is 4.74 Å². The Bertz CT molecular complexity index is 1180. The van der Waals surface area contributed by atoms with E-state index < -0.39 is 0 Å². The number of fused-ring (bicyclic) bond motifs is 1. The van der Waals surface area contributed by atoms with Crippen LogP contribution in [0.1, 0.15) is 34.7 Å². The molecule has 1 saturated heterocycles. The van der Waals surface area contributed by atoms with E-state index in [-0.39, 0.29) is 5.91 Å². The van der Waals surface area contributed by atoms with Gasteiger partial charge in [-0.1, -0.05) is 66.7 Å². The van der Waals surface area contributed by atoms with Crippen LogP contribution in [0.5, 0.6) is 5.75 Å². The highest BCUT2D eigenvalue weighted by Crippen LogP contribution is 2.27. The lowest BCUT2D eigenvalue weighted by atomic mass is 9.90. The maximum Gasteiger partial charge on any atom is 0.289 e. The van der Waals surface area contributed by atoms with Gasteiger partial charge >= 0.3 is 0 Å². The Kier molecular flexibility index (Phi) is 5.93. The fraction of sp³-hybridized carbons (Fsp3) is 0.250. The van der Waals surface area contributed by atoms with Crippen LogP contribution in [-0.4, -0.2) is 23.9 Å². The fourth-order valence-electron chi connectivity index (χ4n) is 4.48. The van der Waals surface area contributed by atoms with Crippen LogP contribution >= 0.6 is 0 Å². The van der Waals surface area contributed by atoms with Crippen molar-refractivity contribution in [3.63, 3.8) is 0 Å². The average molecular weight is 426 g/mol. The first-order chi connectivity index (χ1) is 15.8. The molecule has 0 unspecified atom stereocenters. The normalized spacial score (nSPS) is 14.6. The minimum atomic E-state index is -0.0282. The van der Waals surface area contributed by atoms with Gasteiger partial charge in [0, 0.05) is 18.5 Å². The van der Waals surface area contributed by atoms with Crippen LogP contribution in [-0.2, 0) is 13.0 Å². The van der Waals surface area contributed by atoms with Crippen LogP contribution in [0.2, 0.25) is 0 Å². The van der Waals surface area contributed by atoms with Gasteiger partial charge in [0.05, 0.1) is 0 Å². The molecule has 0 N–H and O–H groups in total. The molecule has 3 aromatic carbocycles. The molecule has 1 aliphatic heterocycles. The number of amides is 1. The molecule has 0 radical (unpaired) electrons. The van der Waals surface area contributed by atoms with Crippen molar-refractivity contribution in [1.29, 1.82) is 0 Å². The van der Waals surface area contributed by atoms with Gasteiger partial charge in [0.15, 0.2) is 5.76 Å². The van der Waals surface area contributed by atoms with Gasteiger partial charge in [-0.2, -0.15) is 0 Å². The number of nitrogens with zero attached hydrogens (tertiary/aromatic N) is 1. The summed E-state index contributed by atoms with van der Waals surface area (Å²) in [6.07, 6.45) is 3.13. The smallest absolute Gasteiger partial charge is 0.289 e. The van der Waals surface area contributed by atoms with E-state index in [9.17, 15) is 4.79 Å². The maximum atomic E-state index is 12.9. The summed E-state index contributed by atoms with van der Waals surface area (Å²) < 4.78 is 11.8. The second-order valence-corrected chi connectivity index (χ2v) is 8.46. The molecule has 0 spiro atoms. The molecule has 4 aromatic rings. The molecule has 0 bridgehead atoms. The molecule has 1 aliphatic rings. The maximum absolute atomic E-state index is 12.9. The van der Waals surface area contributed by atoms with E-state index in [1.807, 2.05) is 41.3 Å². The van der Waals surface area contributed by atoms with Crippen molar-refractivity contribution in [2.75, 3.05) is 13.1 Å². The molecule has 4 nitrogen and oxygen atoms in total. The SMILES string of the molecule is O=C(c1ccc(COc2cccc3ccccc23)o1)N1CCC(Cc2ccccc2)CC1. The number of hydrogen-bond acceptors (Lipinski definition) is 3. The molecule has 5 rings (SSSR count). The monoisotopic (exact) mass is 425 g/mol. The summed E-state index contributed by atoms with van der Waals surface area (Å²) in [6.45, 7) is 1.85. The Hall–Kier alpha value is -3.53. The number of rotatable bonds is 6. The number of hydrogen-bond donors (Lipinski definition) is 0. The first-order valence-electron chi connectivity index (χ1n) is 11.3. The Morgan fingerprint density at radius 1 is 0.875 bits per heavy atom. The molecule has 162 valence electrons. The summed E-state index contributed by atoms with van der Waals surface area (Å²) in [7, 11) is 0. The van der Waals surface area contributed by atoms with Crippen molar-refractivity contribution in [1.82, 2.24) is 4.90 Å².